The molecule has 3 aliphatic rings. The van der Waals surface area contributed by atoms with Crippen LogP contribution in [0.15, 0.2) is 0 Å². The first-order valence-electron chi connectivity index (χ1n) is 9.24. The van der Waals surface area contributed by atoms with Crippen molar-refractivity contribution in [2.45, 2.75) is 51.0 Å². The highest BCUT2D eigenvalue weighted by atomic mass is 16.2. The smallest absolute Gasteiger partial charge is 0.319 e. The van der Waals surface area contributed by atoms with Crippen molar-refractivity contribution in [3.05, 3.63) is 0 Å². The molecular weight excluding hydrogens is 276 g/mol. The average molecular weight is 308 g/mol. The van der Waals surface area contributed by atoms with Crippen LogP contribution in [0, 0.1) is 5.92 Å². The summed E-state index contributed by atoms with van der Waals surface area (Å²) in [4.78, 5) is 19.2. The van der Waals surface area contributed by atoms with Gasteiger partial charge in [0.25, 0.3) is 0 Å². The Kier molecular flexibility index (Phi) is 5.58. The average Bonchev–Trinajstić information content (AvgIpc) is 2.58. The van der Waals surface area contributed by atoms with Crippen LogP contribution in [0.2, 0.25) is 0 Å². The van der Waals surface area contributed by atoms with E-state index >= 15 is 0 Å². The van der Waals surface area contributed by atoms with Crippen LogP contribution in [0.5, 0.6) is 0 Å². The second-order valence-corrected chi connectivity index (χ2v) is 7.40. The maximum atomic E-state index is 12.5. The first kappa shape index (κ1) is 16.1. The molecule has 2 amide bonds. The third-order valence-electron chi connectivity index (χ3n) is 5.66. The van der Waals surface area contributed by atoms with E-state index in [4.69, 9.17) is 5.73 Å². The van der Waals surface area contributed by atoms with Crippen molar-refractivity contribution in [2.24, 2.45) is 11.7 Å². The second kappa shape index (κ2) is 7.64. The number of piperidine rings is 3. The van der Waals surface area contributed by atoms with E-state index in [1.165, 1.54) is 38.6 Å². The zero-order valence-corrected chi connectivity index (χ0v) is 13.9. The molecule has 0 atom stereocenters. The Bertz CT molecular complexity index is 354. The van der Waals surface area contributed by atoms with E-state index in [0.717, 1.165) is 58.0 Å². The molecule has 0 spiro atoms. The number of amides is 2. The summed E-state index contributed by atoms with van der Waals surface area (Å²) in [5.74, 6) is 0.764. The van der Waals surface area contributed by atoms with E-state index in [1.807, 2.05) is 0 Å². The Labute approximate surface area is 134 Å². The highest BCUT2D eigenvalue weighted by molar-refractivity contribution is 5.74. The molecule has 0 aromatic rings. The van der Waals surface area contributed by atoms with Gasteiger partial charge in [0.1, 0.15) is 0 Å². The van der Waals surface area contributed by atoms with Crippen molar-refractivity contribution in [1.82, 2.24) is 14.7 Å². The van der Waals surface area contributed by atoms with E-state index in [2.05, 4.69) is 14.7 Å². The number of likely N-dealkylation sites (tertiary alicyclic amines) is 3. The quantitative estimate of drug-likeness (QED) is 0.845. The summed E-state index contributed by atoms with van der Waals surface area (Å²) in [7, 11) is 0. The van der Waals surface area contributed by atoms with Gasteiger partial charge in [0.05, 0.1) is 0 Å². The molecule has 5 nitrogen and oxygen atoms in total. The molecule has 5 heteroatoms. The number of nitrogens with zero attached hydrogens (tertiary/aromatic N) is 3. The van der Waals surface area contributed by atoms with Crippen LogP contribution in [0.1, 0.15) is 44.9 Å². The zero-order chi connectivity index (χ0) is 15.4. The molecule has 126 valence electrons. The molecule has 0 unspecified atom stereocenters. The fraction of sp³-hybridized carbons (Fsp3) is 0.941. The lowest BCUT2D eigenvalue weighted by molar-refractivity contribution is 0.109. The van der Waals surface area contributed by atoms with Gasteiger partial charge in [-0.3, -0.25) is 0 Å². The highest BCUT2D eigenvalue weighted by Crippen LogP contribution is 2.22. The SMILES string of the molecule is NC1CCN(CC2CCN(C(=O)N3CCCCC3)CC2)CC1. The Morgan fingerprint density at radius 1 is 0.818 bits per heavy atom. The molecule has 0 aliphatic carbocycles. The summed E-state index contributed by atoms with van der Waals surface area (Å²) < 4.78 is 0. The molecule has 3 saturated heterocycles. The van der Waals surface area contributed by atoms with Crippen molar-refractivity contribution in [2.75, 3.05) is 45.8 Å². The Balaban J connectivity index is 1.39. The van der Waals surface area contributed by atoms with Crippen LogP contribution in [-0.2, 0) is 0 Å². The summed E-state index contributed by atoms with van der Waals surface area (Å²) in [6, 6.07) is 0.711. The van der Waals surface area contributed by atoms with Crippen LogP contribution in [0.25, 0.3) is 0 Å². The lowest BCUT2D eigenvalue weighted by Crippen LogP contribution is -2.49. The summed E-state index contributed by atoms with van der Waals surface area (Å²) >= 11 is 0. The third kappa shape index (κ3) is 4.13. The maximum absolute atomic E-state index is 12.5. The van der Waals surface area contributed by atoms with E-state index in [-0.39, 0.29) is 0 Å². The van der Waals surface area contributed by atoms with Crippen molar-refractivity contribution in [3.63, 3.8) is 0 Å². The van der Waals surface area contributed by atoms with E-state index in [0.29, 0.717) is 12.1 Å². The Morgan fingerprint density at radius 2 is 1.41 bits per heavy atom. The second-order valence-electron chi connectivity index (χ2n) is 7.40. The Hall–Kier alpha value is -0.810. The van der Waals surface area contributed by atoms with Gasteiger partial charge >= 0.3 is 6.03 Å². The van der Waals surface area contributed by atoms with Gasteiger partial charge in [-0.2, -0.15) is 0 Å². The minimum absolute atomic E-state index is 0.294. The Morgan fingerprint density at radius 3 is 2.05 bits per heavy atom. The molecule has 0 aromatic carbocycles. The van der Waals surface area contributed by atoms with Crippen molar-refractivity contribution >= 4 is 6.03 Å². The molecule has 0 saturated carbocycles. The minimum Gasteiger partial charge on any atom is -0.328 e. The van der Waals surface area contributed by atoms with Gasteiger partial charge in [-0.15, -0.1) is 0 Å². The molecule has 0 radical (unpaired) electrons. The first-order chi connectivity index (χ1) is 10.7. The van der Waals surface area contributed by atoms with Crippen LogP contribution in [-0.4, -0.2) is 72.6 Å². The van der Waals surface area contributed by atoms with E-state index in [1.54, 1.807) is 0 Å². The van der Waals surface area contributed by atoms with Gasteiger partial charge in [0.15, 0.2) is 0 Å². The molecule has 0 bridgehead atoms. The number of carbonyl (C=O) groups excluding carboxylic acids is 1. The molecule has 3 aliphatic heterocycles. The molecule has 3 heterocycles. The molecule has 0 aromatic heterocycles. The number of rotatable bonds is 2. The van der Waals surface area contributed by atoms with Crippen LogP contribution >= 0.6 is 0 Å². The largest absolute Gasteiger partial charge is 0.328 e. The number of hydrogen-bond acceptors (Lipinski definition) is 3. The zero-order valence-electron chi connectivity index (χ0n) is 13.9. The first-order valence-corrected chi connectivity index (χ1v) is 9.24. The molecule has 2 N–H and O–H groups in total. The molecule has 3 fully saturated rings. The number of urea groups is 1. The number of nitrogens with two attached hydrogens (primary N) is 1. The summed E-state index contributed by atoms with van der Waals surface area (Å²) in [5, 5.41) is 0. The van der Waals surface area contributed by atoms with Crippen LogP contribution in [0.3, 0.4) is 0 Å². The van der Waals surface area contributed by atoms with Crippen molar-refractivity contribution < 1.29 is 4.79 Å². The predicted octanol–water partition coefficient (Wildman–Crippen LogP) is 1.73. The minimum atomic E-state index is 0.294. The molecule has 3 rings (SSSR count). The summed E-state index contributed by atoms with van der Waals surface area (Å²) in [6.07, 6.45) is 8.27. The van der Waals surface area contributed by atoms with Crippen LogP contribution in [0.4, 0.5) is 4.79 Å². The molecule has 22 heavy (non-hydrogen) atoms. The lowest BCUT2D eigenvalue weighted by Gasteiger charge is -2.39. The normalized spacial score (nSPS) is 26.4. The fourth-order valence-electron chi connectivity index (χ4n) is 4.09. The molecular formula is C17H32N4O. The standard InChI is InChI=1S/C17H32N4O/c18-16-6-10-19(11-7-16)14-15-4-12-21(13-5-15)17(22)20-8-2-1-3-9-20/h15-16H,1-14,18H2. The monoisotopic (exact) mass is 308 g/mol. The van der Waals surface area contributed by atoms with Gasteiger partial charge in [0.2, 0.25) is 0 Å². The summed E-state index contributed by atoms with van der Waals surface area (Å²) in [6.45, 7) is 7.36. The fourth-order valence-corrected chi connectivity index (χ4v) is 4.09. The predicted molar refractivity (Wildman–Crippen MR) is 88.8 cm³/mol. The van der Waals surface area contributed by atoms with Gasteiger partial charge in [0, 0.05) is 38.8 Å². The lowest BCUT2D eigenvalue weighted by atomic mass is 9.95. The van der Waals surface area contributed by atoms with Crippen molar-refractivity contribution in [3.8, 4) is 0 Å². The maximum Gasteiger partial charge on any atom is 0.319 e. The number of hydrogen-bond donors (Lipinski definition) is 1. The van der Waals surface area contributed by atoms with E-state index < -0.39 is 0 Å². The highest BCUT2D eigenvalue weighted by Gasteiger charge is 2.28. The van der Waals surface area contributed by atoms with E-state index in [9.17, 15) is 4.79 Å². The third-order valence-corrected chi connectivity index (χ3v) is 5.66. The van der Waals surface area contributed by atoms with Gasteiger partial charge in [-0.25, -0.2) is 4.79 Å². The topological polar surface area (TPSA) is 52.8 Å². The number of carbonyl (C=O) groups is 1. The summed E-state index contributed by atoms with van der Waals surface area (Å²) in [5.41, 5.74) is 5.98. The van der Waals surface area contributed by atoms with Gasteiger partial charge in [-0.1, -0.05) is 0 Å². The van der Waals surface area contributed by atoms with Gasteiger partial charge in [-0.05, 0) is 64.0 Å². The van der Waals surface area contributed by atoms with Gasteiger partial charge < -0.3 is 20.4 Å². The van der Waals surface area contributed by atoms with Crippen LogP contribution < -0.4 is 5.73 Å². The van der Waals surface area contributed by atoms with Crippen molar-refractivity contribution in [1.29, 1.82) is 0 Å².